The molecule has 2 heterocycles. The molecule has 0 saturated heterocycles. The molecule has 4 aromatic rings. The SMILES string of the molecule is CSc1cccc(N2C(=S)NC(c3ccc(C)cc3)C(c3nc(-c4cccc(C)c4)no3)=C2C)c1. The highest BCUT2D eigenvalue weighted by Gasteiger charge is 2.34. The molecule has 5 rings (SSSR count). The molecule has 1 atom stereocenters. The average molecular weight is 499 g/mol. The summed E-state index contributed by atoms with van der Waals surface area (Å²) < 4.78 is 5.88. The van der Waals surface area contributed by atoms with Gasteiger partial charge in [0.05, 0.1) is 11.6 Å². The van der Waals surface area contributed by atoms with E-state index >= 15 is 0 Å². The van der Waals surface area contributed by atoms with Crippen molar-refractivity contribution in [3.8, 4) is 11.4 Å². The van der Waals surface area contributed by atoms with E-state index in [2.05, 4.69) is 92.1 Å². The molecule has 1 aliphatic rings. The summed E-state index contributed by atoms with van der Waals surface area (Å²) in [6.07, 6.45) is 2.07. The van der Waals surface area contributed by atoms with Crippen molar-refractivity contribution in [1.29, 1.82) is 0 Å². The van der Waals surface area contributed by atoms with Crippen LogP contribution in [0, 0.1) is 13.8 Å². The Labute approximate surface area is 215 Å². The van der Waals surface area contributed by atoms with E-state index in [1.165, 1.54) is 10.5 Å². The molecule has 1 aromatic heterocycles. The summed E-state index contributed by atoms with van der Waals surface area (Å²) in [6, 6.07) is 24.7. The first-order valence-corrected chi connectivity index (χ1v) is 13.0. The molecule has 3 aromatic carbocycles. The van der Waals surface area contributed by atoms with Gasteiger partial charge in [0.2, 0.25) is 5.82 Å². The molecule has 1 unspecified atom stereocenters. The summed E-state index contributed by atoms with van der Waals surface area (Å²) >= 11 is 7.57. The van der Waals surface area contributed by atoms with Gasteiger partial charge in [0.15, 0.2) is 5.11 Å². The van der Waals surface area contributed by atoms with E-state index < -0.39 is 0 Å². The Morgan fingerprint density at radius 1 is 0.943 bits per heavy atom. The van der Waals surface area contributed by atoms with Gasteiger partial charge >= 0.3 is 0 Å². The highest BCUT2D eigenvalue weighted by Crippen LogP contribution is 2.39. The molecule has 0 aliphatic carbocycles. The quantitative estimate of drug-likeness (QED) is 0.236. The number of aryl methyl sites for hydroxylation is 2. The molecular weight excluding hydrogens is 472 g/mol. The minimum Gasteiger partial charge on any atom is -0.351 e. The Morgan fingerprint density at radius 3 is 2.46 bits per heavy atom. The third-order valence-electron chi connectivity index (χ3n) is 6.14. The molecule has 0 saturated carbocycles. The summed E-state index contributed by atoms with van der Waals surface area (Å²) in [5.74, 6) is 1.04. The van der Waals surface area contributed by atoms with Crippen LogP contribution in [0.5, 0.6) is 0 Å². The predicted molar refractivity (Wildman–Crippen MR) is 147 cm³/mol. The Kier molecular flexibility index (Phi) is 6.45. The Morgan fingerprint density at radius 2 is 1.71 bits per heavy atom. The number of rotatable bonds is 5. The number of hydrogen-bond acceptors (Lipinski definition) is 5. The zero-order valence-electron chi connectivity index (χ0n) is 20.1. The number of nitrogens with one attached hydrogen (secondary N) is 1. The Hall–Kier alpha value is -3.42. The van der Waals surface area contributed by atoms with Gasteiger partial charge in [0.25, 0.3) is 5.89 Å². The molecule has 5 nitrogen and oxygen atoms in total. The first-order chi connectivity index (χ1) is 16.9. The normalized spacial score (nSPS) is 15.9. The van der Waals surface area contributed by atoms with Crippen LogP contribution in [-0.2, 0) is 0 Å². The topological polar surface area (TPSA) is 54.2 Å². The Bertz CT molecular complexity index is 1420. The lowest BCUT2D eigenvalue weighted by atomic mass is 9.94. The van der Waals surface area contributed by atoms with Gasteiger partial charge in [-0.25, -0.2) is 0 Å². The van der Waals surface area contributed by atoms with Crippen molar-refractivity contribution >= 4 is 40.4 Å². The number of thioether (sulfide) groups is 1. The van der Waals surface area contributed by atoms with Crippen LogP contribution in [0.2, 0.25) is 0 Å². The van der Waals surface area contributed by atoms with E-state index in [1.807, 2.05) is 23.1 Å². The molecule has 0 radical (unpaired) electrons. The second kappa shape index (κ2) is 9.68. The number of anilines is 1. The lowest BCUT2D eigenvalue weighted by molar-refractivity contribution is 0.404. The zero-order chi connectivity index (χ0) is 24.5. The van der Waals surface area contributed by atoms with Crippen molar-refractivity contribution < 1.29 is 4.52 Å². The van der Waals surface area contributed by atoms with E-state index in [4.69, 9.17) is 21.7 Å². The van der Waals surface area contributed by atoms with Gasteiger partial charge in [0, 0.05) is 21.8 Å². The van der Waals surface area contributed by atoms with Crippen LogP contribution in [0.25, 0.3) is 17.0 Å². The monoisotopic (exact) mass is 498 g/mol. The molecule has 7 heteroatoms. The van der Waals surface area contributed by atoms with Crippen molar-refractivity contribution in [2.24, 2.45) is 0 Å². The number of benzene rings is 3. The van der Waals surface area contributed by atoms with E-state index in [0.717, 1.165) is 33.6 Å². The summed E-state index contributed by atoms with van der Waals surface area (Å²) in [4.78, 5) is 8.04. The molecule has 0 bridgehead atoms. The average Bonchev–Trinajstić information content (AvgIpc) is 3.34. The van der Waals surface area contributed by atoms with Gasteiger partial charge in [-0.3, -0.25) is 4.90 Å². The maximum Gasteiger partial charge on any atom is 0.258 e. The first kappa shape index (κ1) is 23.3. The van der Waals surface area contributed by atoms with Crippen LogP contribution < -0.4 is 10.2 Å². The van der Waals surface area contributed by atoms with E-state index in [0.29, 0.717) is 16.8 Å². The van der Waals surface area contributed by atoms with Crippen LogP contribution in [0.15, 0.2) is 87.9 Å². The molecule has 1 aliphatic heterocycles. The minimum atomic E-state index is -0.214. The molecular formula is C28H26N4OS2. The standard InChI is InChI=1S/C28H26N4OS2/c1-17-11-13-20(14-12-17)25-24(27-30-26(31-33-27)21-8-5-7-18(2)15-21)19(3)32(28(34)29-25)22-9-6-10-23(16-22)35-4/h5-16,25H,1-4H3,(H,29,34). The molecule has 0 fully saturated rings. The largest absolute Gasteiger partial charge is 0.351 e. The number of hydrogen-bond donors (Lipinski definition) is 1. The number of allylic oxidation sites excluding steroid dienone is 1. The van der Waals surface area contributed by atoms with E-state index in [1.54, 1.807) is 11.8 Å². The van der Waals surface area contributed by atoms with Crippen LogP contribution in [-0.4, -0.2) is 21.5 Å². The van der Waals surface area contributed by atoms with Crippen molar-refractivity contribution in [3.63, 3.8) is 0 Å². The number of nitrogens with zero attached hydrogens (tertiary/aromatic N) is 3. The van der Waals surface area contributed by atoms with Crippen LogP contribution in [0.1, 0.15) is 35.5 Å². The predicted octanol–water partition coefficient (Wildman–Crippen LogP) is 6.94. The molecule has 1 N–H and O–H groups in total. The third-order valence-corrected chi connectivity index (χ3v) is 7.17. The first-order valence-electron chi connectivity index (χ1n) is 11.4. The zero-order valence-corrected chi connectivity index (χ0v) is 21.7. The molecule has 176 valence electrons. The third kappa shape index (κ3) is 4.61. The van der Waals surface area contributed by atoms with Gasteiger partial charge in [-0.15, -0.1) is 11.8 Å². The molecule has 0 amide bonds. The molecule has 35 heavy (non-hydrogen) atoms. The fraction of sp³-hybridized carbons (Fsp3) is 0.179. The summed E-state index contributed by atoms with van der Waals surface area (Å²) in [5.41, 5.74) is 7.20. The fourth-order valence-electron chi connectivity index (χ4n) is 4.32. The van der Waals surface area contributed by atoms with Crippen LogP contribution in [0.4, 0.5) is 5.69 Å². The van der Waals surface area contributed by atoms with Crippen molar-refractivity contribution in [3.05, 3.63) is 101 Å². The molecule has 0 spiro atoms. The van der Waals surface area contributed by atoms with Crippen molar-refractivity contribution in [1.82, 2.24) is 15.5 Å². The second-order valence-corrected chi connectivity index (χ2v) is 9.89. The van der Waals surface area contributed by atoms with Crippen LogP contribution in [0.3, 0.4) is 0 Å². The van der Waals surface area contributed by atoms with Gasteiger partial charge in [-0.2, -0.15) is 4.98 Å². The smallest absolute Gasteiger partial charge is 0.258 e. The minimum absolute atomic E-state index is 0.214. The highest BCUT2D eigenvalue weighted by molar-refractivity contribution is 7.98. The van der Waals surface area contributed by atoms with Crippen molar-refractivity contribution in [2.45, 2.75) is 31.7 Å². The summed E-state index contributed by atoms with van der Waals surface area (Å²) in [5, 5.41) is 8.49. The van der Waals surface area contributed by atoms with Crippen LogP contribution >= 0.6 is 24.0 Å². The summed E-state index contributed by atoms with van der Waals surface area (Å²) in [7, 11) is 0. The number of thiocarbonyl (C=S) groups is 1. The maximum atomic E-state index is 5.88. The van der Waals surface area contributed by atoms with Gasteiger partial charge in [-0.05, 0) is 69.1 Å². The Balaban J connectivity index is 1.66. The highest BCUT2D eigenvalue weighted by atomic mass is 32.2. The van der Waals surface area contributed by atoms with E-state index in [9.17, 15) is 0 Å². The van der Waals surface area contributed by atoms with Gasteiger partial charge in [-0.1, -0.05) is 64.8 Å². The fourth-order valence-corrected chi connectivity index (χ4v) is 5.14. The van der Waals surface area contributed by atoms with Gasteiger partial charge < -0.3 is 9.84 Å². The lowest BCUT2D eigenvalue weighted by Gasteiger charge is -2.37. The van der Waals surface area contributed by atoms with E-state index in [-0.39, 0.29) is 6.04 Å². The summed E-state index contributed by atoms with van der Waals surface area (Å²) in [6.45, 7) is 6.19. The van der Waals surface area contributed by atoms with Crippen molar-refractivity contribution in [2.75, 3.05) is 11.2 Å². The second-order valence-electron chi connectivity index (χ2n) is 8.62. The van der Waals surface area contributed by atoms with Gasteiger partial charge in [0.1, 0.15) is 0 Å². The maximum absolute atomic E-state index is 5.88. The number of aromatic nitrogens is 2. The lowest BCUT2D eigenvalue weighted by Crippen LogP contribution is -2.46.